The van der Waals surface area contributed by atoms with Crippen molar-refractivity contribution in [3.05, 3.63) is 69.1 Å². The molecule has 26 heavy (non-hydrogen) atoms. The number of rotatable bonds is 5. The fraction of sp³-hybridized carbons (Fsp3) is 0.105. The summed E-state index contributed by atoms with van der Waals surface area (Å²) in [5.74, 6) is -0.817. The summed E-state index contributed by atoms with van der Waals surface area (Å²) >= 11 is 7.03. The molecule has 2 aromatic carbocycles. The van der Waals surface area contributed by atoms with Crippen molar-refractivity contribution in [3.63, 3.8) is 0 Å². The minimum Gasteiger partial charge on any atom is -0.477 e. The van der Waals surface area contributed by atoms with Crippen molar-refractivity contribution in [2.45, 2.75) is 19.1 Å². The summed E-state index contributed by atoms with van der Waals surface area (Å²) in [4.78, 5) is 11.7. The lowest BCUT2D eigenvalue weighted by Crippen LogP contribution is -1.97. The molecule has 0 bridgehead atoms. The second kappa shape index (κ2) is 7.76. The molecule has 0 spiro atoms. The first-order valence-corrected chi connectivity index (χ1v) is 8.92. The quantitative estimate of drug-likeness (QED) is 0.478. The number of halogens is 1. The number of nitrogens with zero attached hydrogens (tertiary/aromatic N) is 2. The highest BCUT2D eigenvalue weighted by molar-refractivity contribution is 8.03. The number of hydrogen-bond donors (Lipinski definition) is 1. The number of thioether (sulfide) groups is 1. The summed E-state index contributed by atoms with van der Waals surface area (Å²) < 4.78 is 5.57. The zero-order valence-electron chi connectivity index (χ0n) is 14.1. The first-order chi connectivity index (χ1) is 12.4. The van der Waals surface area contributed by atoms with Crippen molar-refractivity contribution >= 4 is 35.4 Å². The summed E-state index contributed by atoms with van der Waals surface area (Å²) in [7, 11) is 0. The molecular formula is C19H15ClN2O3S. The predicted molar refractivity (Wildman–Crippen MR) is 102 cm³/mol. The molecule has 0 aliphatic heterocycles. The minimum atomic E-state index is -1.06. The van der Waals surface area contributed by atoms with Gasteiger partial charge in [-0.15, -0.1) is 10.2 Å². The Morgan fingerprint density at radius 2 is 1.96 bits per heavy atom. The minimum absolute atomic E-state index is 0.0908. The Morgan fingerprint density at radius 3 is 2.69 bits per heavy atom. The van der Waals surface area contributed by atoms with Crippen molar-refractivity contribution in [3.8, 4) is 11.5 Å². The first kappa shape index (κ1) is 18.2. The molecule has 1 N–H and O–H groups in total. The molecule has 132 valence electrons. The monoisotopic (exact) mass is 386 g/mol. The lowest BCUT2D eigenvalue weighted by atomic mass is 10.1. The average Bonchev–Trinajstić information content (AvgIpc) is 3.06. The van der Waals surface area contributed by atoms with Crippen LogP contribution in [0.4, 0.5) is 0 Å². The summed E-state index contributed by atoms with van der Waals surface area (Å²) in [6, 6.07) is 12.9. The predicted octanol–water partition coefficient (Wildman–Crippen LogP) is 5.22. The van der Waals surface area contributed by atoms with Crippen LogP contribution in [-0.4, -0.2) is 21.3 Å². The van der Waals surface area contributed by atoms with E-state index in [1.165, 1.54) is 0 Å². The Kier molecular flexibility index (Phi) is 5.44. The van der Waals surface area contributed by atoms with Gasteiger partial charge in [-0.3, -0.25) is 0 Å². The molecule has 0 unspecified atom stereocenters. The Morgan fingerprint density at radius 1 is 1.19 bits per heavy atom. The van der Waals surface area contributed by atoms with Crippen LogP contribution >= 0.6 is 23.4 Å². The van der Waals surface area contributed by atoms with Crippen LogP contribution in [0, 0.1) is 13.8 Å². The van der Waals surface area contributed by atoms with Crippen molar-refractivity contribution in [1.29, 1.82) is 0 Å². The van der Waals surface area contributed by atoms with Crippen molar-refractivity contribution in [2.24, 2.45) is 0 Å². The highest BCUT2D eigenvalue weighted by Crippen LogP contribution is 2.32. The fourth-order valence-corrected chi connectivity index (χ4v) is 3.16. The molecule has 0 aliphatic carbocycles. The largest absolute Gasteiger partial charge is 0.477 e. The van der Waals surface area contributed by atoms with E-state index < -0.39 is 5.97 Å². The van der Waals surface area contributed by atoms with Crippen LogP contribution in [0.5, 0.6) is 0 Å². The number of carboxylic acids is 1. The Bertz CT molecular complexity index is 998. The molecule has 3 rings (SSSR count). The topological polar surface area (TPSA) is 76.2 Å². The van der Waals surface area contributed by atoms with Gasteiger partial charge in [0.15, 0.2) is 0 Å². The molecule has 0 radical (unpaired) electrons. The smallest absolute Gasteiger partial charge is 0.342 e. The van der Waals surface area contributed by atoms with Crippen molar-refractivity contribution < 1.29 is 14.3 Å². The first-order valence-electron chi connectivity index (χ1n) is 7.72. The SMILES string of the molecule is Cc1ccc(C)c(/C=C(/Sc2nnc(-c3ccccc3Cl)o2)C(=O)O)c1. The molecule has 5 nitrogen and oxygen atoms in total. The number of hydrogen-bond acceptors (Lipinski definition) is 5. The fourth-order valence-electron chi connectivity index (χ4n) is 2.28. The summed E-state index contributed by atoms with van der Waals surface area (Å²) in [5.41, 5.74) is 3.47. The van der Waals surface area contributed by atoms with E-state index in [4.69, 9.17) is 16.0 Å². The Hall–Kier alpha value is -2.57. The molecular weight excluding hydrogens is 372 g/mol. The van der Waals surface area contributed by atoms with E-state index in [-0.39, 0.29) is 16.0 Å². The molecule has 0 aliphatic rings. The van der Waals surface area contributed by atoms with Gasteiger partial charge in [-0.2, -0.15) is 0 Å². The van der Waals surface area contributed by atoms with Crippen LogP contribution in [0.2, 0.25) is 5.02 Å². The number of carboxylic acid groups (broad SMARTS) is 1. The van der Waals surface area contributed by atoms with Crippen LogP contribution in [0.1, 0.15) is 16.7 Å². The van der Waals surface area contributed by atoms with Crippen molar-refractivity contribution in [1.82, 2.24) is 10.2 Å². The van der Waals surface area contributed by atoms with Crippen LogP contribution in [-0.2, 0) is 4.79 Å². The molecule has 3 aromatic rings. The number of carbonyl (C=O) groups is 1. The van der Waals surface area contributed by atoms with E-state index in [9.17, 15) is 9.90 Å². The maximum Gasteiger partial charge on any atom is 0.342 e. The second-order valence-corrected chi connectivity index (χ2v) is 7.03. The van der Waals surface area contributed by atoms with Gasteiger partial charge in [0, 0.05) is 0 Å². The maximum absolute atomic E-state index is 11.6. The lowest BCUT2D eigenvalue weighted by molar-refractivity contribution is -0.131. The third kappa shape index (κ3) is 4.15. The third-order valence-corrected chi connectivity index (χ3v) is 4.82. The average molecular weight is 387 g/mol. The van der Waals surface area contributed by atoms with E-state index in [1.54, 1.807) is 30.3 Å². The highest BCUT2D eigenvalue weighted by atomic mass is 35.5. The molecule has 0 saturated carbocycles. The summed E-state index contributed by atoms with van der Waals surface area (Å²) in [6.45, 7) is 3.88. The van der Waals surface area contributed by atoms with Gasteiger partial charge in [0.2, 0.25) is 5.89 Å². The van der Waals surface area contributed by atoms with Gasteiger partial charge in [-0.25, -0.2) is 4.79 Å². The zero-order valence-corrected chi connectivity index (χ0v) is 15.6. The van der Waals surface area contributed by atoms with Gasteiger partial charge in [0.1, 0.15) is 4.91 Å². The third-order valence-electron chi connectivity index (χ3n) is 3.64. The molecule has 1 heterocycles. The van der Waals surface area contributed by atoms with Crippen LogP contribution in [0.25, 0.3) is 17.5 Å². The maximum atomic E-state index is 11.6. The van der Waals surface area contributed by atoms with Gasteiger partial charge in [0.05, 0.1) is 10.6 Å². The molecule has 0 amide bonds. The van der Waals surface area contributed by atoms with Crippen molar-refractivity contribution in [2.75, 3.05) is 0 Å². The molecule has 1 aromatic heterocycles. The Balaban J connectivity index is 1.90. The van der Waals surface area contributed by atoms with Gasteiger partial charge >= 0.3 is 5.97 Å². The van der Waals surface area contributed by atoms with Crippen LogP contribution in [0.3, 0.4) is 0 Å². The van der Waals surface area contributed by atoms with E-state index in [1.807, 2.05) is 32.0 Å². The normalized spacial score (nSPS) is 11.6. The second-order valence-electron chi connectivity index (χ2n) is 5.63. The van der Waals surface area contributed by atoms with Gasteiger partial charge < -0.3 is 9.52 Å². The molecule has 0 fully saturated rings. The van der Waals surface area contributed by atoms with Crippen LogP contribution in [0.15, 0.2) is 57.0 Å². The summed E-state index contributed by atoms with van der Waals surface area (Å²) in [5, 5.41) is 18.0. The molecule has 0 atom stereocenters. The standard InChI is InChI=1S/C19H15ClN2O3S/c1-11-7-8-12(2)13(9-11)10-16(18(23)24)26-19-22-21-17(25-19)14-5-3-4-6-15(14)20/h3-10H,1-2H3,(H,23,24)/b16-10+. The zero-order chi connectivity index (χ0) is 18.7. The molecule has 7 heteroatoms. The van der Waals surface area contributed by atoms with E-state index in [0.29, 0.717) is 10.6 Å². The van der Waals surface area contributed by atoms with E-state index in [0.717, 1.165) is 28.5 Å². The van der Waals surface area contributed by atoms with Gasteiger partial charge in [-0.05, 0) is 54.9 Å². The Labute approximate surface area is 159 Å². The van der Waals surface area contributed by atoms with E-state index in [2.05, 4.69) is 10.2 Å². The number of aryl methyl sites for hydroxylation is 2. The van der Waals surface area contributed by atoms with E-state index >= 15 is 0 Å². The van der Waals surface area contributed by atoms with Gasteiger partial charge in [0.25, 0.3) is 5.22 Å². The summed E-state index contributed by atoms with van der Waals surface area (Å²) in [6.07, 6.45) is 1.61. The van der Waals surface area contributed by atoms with Gasteiger partial charge in [-0.1, -0.05) is 47.5 Å². The number of aromatic nitrogens is 2. The molecule has 0 saturated heterocycles. The van der Waals surface area contributed by atoms with Crippen LogP contribution < -0.4 is 0 Å². The number of benzene rings is 2. The number of aliphatic carboxylic acids is 1. The highest BCUT2D eigenvalue weighted by Gasteiger charge is 2.17. The lowest BCUT2D eigenvalue weighted by Gasteiger charge is -2.04.